The van der Waals surface area contributed by atoms with Crippen LogP contribution in [0, 0.1) is 11.3 Å². The third-order valence-electron chi connectivity index (χ3n) is 3.69. The molecule has 0 N–H and O–H groups in total. The van der Waals surface area contributed by atoms with Gasteiger partial charge >= 0.3 is 0 Å². The third kappa shape index (κ3) is 3.86. The molecular weight excluding hydrogens is 332 g/mol. The number of halogens is 1. The van der Waals surface area contributed by atoms with Gasteiger partial charge in [0.15, 0.2) is 11.0 Å². The Labute approximate surface area is 144 Å². The van der Waals surface area contributed by atoms with Crippen molar-refractivity contribution >= 4 is 23.4 Å². The Hall–Kier alpha value is -1.55. The first-order valence-corrected chi connectivity index (χ1v) is 8.80. The lowest BCUT2D eigenvalue weighted by molar-refractivity contribution is 0.0953. The first-order valence-electron chi connectivity index (χ1n) is 7.54. The van der Waals surface area contributed by atoms with Gasteiger partial charge in [0.25, 0.3) is 0 Å². The molecule has 2 atom stereocenters. The second-order valence-electron chi connectivity index (χ2n) is 5.45. The molecule has 0 radical (unpaired) electrons. The van der Waals surface area contributed by atoms with Crippen molar-refractivity contribution in [2.24, 2.45) is 0 Å². The Morgan fingerprint density at radius 3 is 2.87 bits per heavy atom. The van der Waals surface area contributed by atoms with E-state index in [9.17, 15) is 0 Å². The van der Waals surface area contributed by atoms with E-state index < -0.39 is 0 Å². The largest absolute Gasteiger partial charge is 0.376 e. The van der Waals surface area contributed by atoms with E-state index in [4.69, 9.17) is 21.6 Å². The van der Waals surface area contributed by atoms with E-state index in [1.54, 1.807) is 0 Å². The molecule has 23 heavy (non-hydrogen) atoms. The summed E-state index contributed by atoms with van der Waals surface area (Å²) in [5.41, 5.74) is 0.955. The minimum absolute atomic E-state index is 0.175. The number of ether oxygens (including phenoxy) is 1. The third-order valence-corrected chi connectivity index (χ3v) is 4.92. The van der Waals surface area contributed by atoms with Crippen molar-refractivity contribution in [3.63, 3.8) is 0 Å². The van der Waals surface area contributed by atoms with Gasteiger partial charge in [-0.3, -0.25) is 4.57 Å². The molecule has 1 saturated heterocycles. The molecule has 2 heterocycles. The summed E-state index contributed by atoms with van der Waals surface area (Å²) < 4.78 is 7.80. The molecule has 0 aliphatic carbocycles. The predicted molar refractivity (Wildman–Crippen MR) is 90.4 cm³/mol. The van der Waals surface area contributed by atoms with Crippen LogP contribution in [0.2, 0.25) is 5.02 Å². The molecule has 0 spiro atoms. The maximum Gasteiger partial charge on any atom is 0.192 e. The Bertz CT molecular complexity index is 704. The highest BCUT2D eigenvalue weighted by Gasteiger charge is 2.22. The summed E-state index contributed by atoms with van der Waals surface area (Å²) in [6, 6.07) is 9.77. The maximum absolute atomic E-state index is 9.06. The summed E-state index contributed by atoms with van der Waals surface area (Å²) in [7, 11) is 0. The number of aromatic nitrogens is 3. The molecule has 1 aromatic carbocycles. The van der Waals surface area contributed by atoms with Gasteiger partial charge in [0, 0.05) is 17.2 Å². The summed E-state index contributed by atoms with van der Waals surface area (Å²) >= 11 is 7.39. The van der Waals surface area contributed by atoms with Crippen LogP contribution in [0.25, 0.3) is 11.4 Å². The maximum atomic E-state index is 9.06. The van der Waals surface area contributed by atoms with Gasteiger partial charge < -0.3 is 4.74 Å². The molecule has 0 saturated carbocycles. The summed E-state index contributed by atoms with van der Waals surface area (Å²) in [6.45, 7) is 3.36. The number of hydrogen-bond acceptors (Lipinski definition) is 5. The average Bonchev–Trinajstić information content (AvgIpc) is 3.20. The van der Waals surface area contributed by atoms with Crippen molar-refractivity contribution in [2.75, 3.05) is 6.61 Å². The highest BCUT2D eigenvalue weighted by atomic mass is 35.5. The molecule has 5 nitrogen and oxygen atoms in total. The van der Waals surface area contributed by atoms with E-state index in [1.165, 1.54) is 11.8 Å². The first-order chi connectivity index (χ1) is 11.2. The van der Waals surface area contributed by atoms with Crippen LogP contribution in [0.15, 0.2) is 29.4 Å². The fourth-order valence-corrected chi connectivity index (χ4v) is 3.40. The van der Waals surface area contributed by atoms with E-state index in [2.05, 4.69) is 20.8 Å². The highest BCUT2D eigenvalue weighted by Crippen LogP contribution is 2.29. The average molecular weight is 349 g/mol. The van der Waals surface area contributed by atoms with Gasteiger partial charge in [-0.25, -0.2) is 0 Å². The van der Waals surface area contributed by atoms with Crippen molar-refractivity contribution in [3.05, 3.63) is 29.3 Å². The molecule has 0 bridgehead atoms. The Morgan fingerprint density at radius 2 is 2.22 bits per heavy atom. The zero-order chi connectivity index (χ0) is 16.2. The lowest BCUT2D eigenvalue weighted by Crippen LogP contribution is -2.17. The van der Waals surface area contributed by atoms with Gasteiger partial charge in [0.2, 0.25) is 0 Å². The second-order valence-corrected chi connectivity index (χ2v) is 7.19. The summed E-state index contributed by atoms with van der Waals surface area (Å²) in [5.74, 6) is 0.782. The minimum Gasteiger partial charge on any atom is -0.376 e. The van der Waals surface area contributed by atoms with Crippen LogP contribution in [0.3, 0.4) is 0 Å². The molecule has 1 aliphatic heterocycles. The SMILES string of the molecule is C[C@@H](C#N)Sc1nnc(-c2ccc(Cl)cc2)n1C[C@H]1CCCO1. The molecule has 0 unspecified atom stereocenters. The highest BCUT2D eigenvalue weighted by molar-refractivity contribution is 8.00. The number of thioether (sulfide) groups is 1. The molecular formula is C16H17ClN4OS. The zero-order valence-corrected chi connectivity index (χ0v) is 14.3. The second kappa shape index (κ2) is 7.35. The molecule has 7 heteroatoms. The van der Waals surface area contributed by atoms with Gasteiger partial charge in [0.1, 0.15) is 0 Å². The fraction of sp³-hybridized carbons (Fsp3) is 0.438. The number of hydrogen-bond donors (Lipinski definition) is 0. The summed E-state index contributed by atoms with van der Waals surface area (Å²) in [4.78, 5) is 0. The van der Waals surface area contributed by atoms with Crippen LogP contribution in [0.4, 0.5) is 0 Å². The Balaban J connectivity index is 1.94. The topological polar surface area (TPSA) is 63.7 Å². The zero-order valence-electron chi connectivity index (χ0n) is 12.8. The smallest absolute Gasteiger partial charge is 0.192 e. The number of rotatable bonds is 5. The lowest BCUT2D eigenvalue weighted by atomic mass is 10.2. The molecule has 3 rings (SSSR count). The van der Waals surface area contributed by atoms with Crippen LogP contribution in [0.5, 0.6) is 0 Å². The predicted octanol–water partition coefficient (Wildman–Crippen LogP) is 3.78. The van der Waals surface area contributed by atoms with Gasteiger partial charge in [-0.1, -0.05) is 23.4 Å². The molecule has 120 valence electrons. The van der Waals surface area contributed by atoms with Crippen molar-refractivity contribution in [1.82, 2.24) is 14.8 Å². The van der Waals surface area contributed by atoms with Crippen LogP contribution in [-0.4, -0.2) is 32.7 Å². The normalized spacial score (nSPS) is 18.7. The standard InChI is InChI=1S/C16H17ClN4OS/c1-11(9-18)23-16-20-19-15(12-4-6-13(17)7-5-12)21(16)10-14-3-2-8-22-14/h4-7,11,14H,2-3,8,10H2,1H3/t11-,14+/m0/s1. The van der Waals surface area contributed by atoms with E-state index in [-0.39, 0.29) is 11.4 Å². The van der Waals surface area contributed by atoms with Crippen LogP contribution in [-0.2, 0) is 11.3 Å². The van der Waals surface area contributed by atoms with Crippen molar-refractivity contribution in [3.8, 4) is 17.5 Å². The molecule has 1 aliphatic rings. The Morgan fingerprint density at radius 1 is 1.43 bits per heavy atom. The molecule has 0 amide bonds. The summed E-state index contributed by atoms with van der Waals surface area (Å²) in [5, 5.41) is 18.9. The molecule has 2 aromatic rings. The van der Waals surface area contributed by atoms with Crippen LogP contribution >= 0.6 is 23.4 Å². The quantitative estimate of drug-likeness (QED) is 0.769. The van der Waals surface area contributed by atoms with Crippen LogP contribution in [0.1, 0.15) is 19.8 Å². The minimum atomic E-state index is -0.180. The molecule has 1 fully saturated rings. The van der Waals surface area contributed by atoms with Crippen LogP contribution < -0.4 is 0 Å². The van der Waals surface area contributed by atoms with E-state index in [0.717, 1.165) is 36.0 Å². The van der Waals surface area contributed by atoms with E-state index in [1.807, 2.05) is 31.2 Å². The number of nitrogens with zero attached hydrogens (tertiary/aromatic N) is 4. The first kappa shape index (κ1) is 16.3. The number of nitriles is 1. The van der Waals surface area contributed by atoms with Gasteiger partial charge in [-0.15, -0.1) is 10.2 Å². The van der Waals surface area contributed by atoms with Gasteiger partial charge in [-0.05, 0) is 44.0 Å². The fourth-order valence-electron chi connectivity index (χ4n) is 2.53. The monoisotopic (exact) mass is 348 g/mol. The van der Waals surface area contributed by atoms with E-state index >= 15 is 0 Å². The van der Waals surface area contributed by atoms with Gasteiger partial charge in [-0.2, -0.15) is 5.26 Å². The molecule has 1 aromatic heterocycles. The number of benzene rings is 1. The van der Waals surface area contributed by atoms with Crippen molar-refractivity contribution in [2.45, 2.75) is 42.8 Å². The van der Waals surface area contributed by atoms with Crippen molar-refractivity contribution < 1.29 is 4.74 Å². The van der Waals surface area contributed by atoms with Crippen molar-refractivity contribution in [1.29, 1.82) is 5.26 Å². The van der Waals surface area contributed by atoms with Gasteiger partial charge in [0.05, 0.1) is 24.0 Å². The summed E-state index contributed by atoms with van der Waals surface area (Å²) in [6.07, 6.45) is 2.30. The van der Waals surface area contributed by atoms with E-state index in [0.29, 0.717) is 11.6 Å². The Kier molecular flexibility index (Phi) is 5.21. The lowest BCUT2D eigenvalue weighted by Gasteiger charge is -2.15.